The molecule has 30 heavy (non-hydrogen) atoms. The summed E-state index contributed by atoms with van der Waals surface area (Å²) >= 11 is 0. The van der Waals surface area contributed by atoms with Crippen molar-refractivity contribution in [3.05, 3.63) is 79.5 Å². The quantitative estimate of drug-likeness (QED) is 0.492. The maximum absolute atomic E-state index is 12.9. The summed E-state index contributed by atoms with van der Waals surface area (Å²) in [5.74, 6) is -1.09. The number of benzene rings is 2. The van der Waals surface area contributed by atoms with Crippen LogP contribution < -0.4 is 16.0 Å². The van der Waals surface area contributed by atoms with E-state index in [1.54, 1.807) is 30.3 Å². The Morgan fingerprint density at radius 1 is 0.867 bits per heavy atom. The van der Waals surface area contributed by atoms with E-state index < -0.39 is 29.9 Å². The Kier molecular flexibility index (Phi) is 3.98. The fourth-order valence-corrected chi connectivity index (χ4v) is 4.15. The number of aromatic hydroxyl groups is 1. The van der Waals surface area contributed by atoms with Gasteiger partial charge in [0.25, 0.3) is 0 Å². The molecule has 0 fully saturated rings. The van der Waals surface area contributed by atoms with Gasteiger partial charge in [-0.1, -0.05) is 12.1 Å². The van der Waals surface area contributed by atoms with Gasteiger partial charge in [0.05, 0.1) is 34.4 Å². The molecule has 152 valence electrons. The lowest BCUT2D eigenvalue weighted by Gasteiger charge is -2.17. The van der Waals surface area contributed by atoms with Crippen molar-refractivity contribution in [2.45, 2.75) is 25.9 Å². The van der Waals surface area contributed by atoms with Gasteiger partial charge in [-0.2, -0.15) is 0 Å². The third-order valence-corrected chi connectivity index (χ3v) is 5.56. The molecular weight excluding hydrogens is 388 g/mol. The van der Waals surface area contributed by atoms with E-state index in [2.05, 4.69) is 0 Å². The van der Waals surface area contributed by atoms with Crippen LogP contribution in [0.5, 0.6) is 11.5 Å². The van der Waals surface area contributed by atoms with Crippen LogP contribution in [0.25, 0.3) is 21.9 Å². The van der Waals surface area contributed by atoms with Crippen LogP contribution in [0, 0.1) is 13.8 Å². The first kappa shape index (κ1) is 18.4. The predicted molar refractivity (Wildman–Crippen MR) is 109 cm³/mol. The lowest BCUT2D eigenvalue weighted by molar-refractivity contribution is 0.123. The van der Waals surface area contributed by atoms with Crippen LogP contribution in [0.2, 0.25) is 0 Å². The first-order chi connectivity index (χ1) is 14.4. The van der Waals surface area contributed by atoms with Crippen molar-refractivity contribution in [3.8, 4) is 11.5 Å². The Bertz CT molecular complexity index is 1440. The SMILES string of the molecule is Cc1ccc2c(O)c(C3c4c(c5ccc(C)cc5oc4=O)OC3CO)c(=O)oc2c1. The molecule has 4 aromatic rings. The van der Waals surface area contributed by atoms with Gasteiger partial charge in [-0.25, -0.2) is 9.59 Å². The molecule has 0 saturated heterocycles. The summed E-state index contributed by atoms with van der Waals surface area (Å²) in [5, 5.41) is 21.8. The maximum Gasteiger partial charge on any atom is 0.344 e. The number of aliphatic hydroxyl groups excluding tert-OH is 1. The Balaban J connectivity index is 1.83. The van der Waals surface area contributed by atoms with Gasteiger partial charge >= 0.3 is 11.3 Å². The lowest BCUT2D eigenvalue weighted by atomic mass is 9.88. The summed E-state index contributed by atoms with van der Waals surface area (Å²) in [6.45, 7) is 3.23. The molecule has 2 aromatic heterocycles. The van der Waals surface area contributed by atoms with E-state index in [1.807, 2.05) is 19.9 Å². The highest BCUT2D eigenvalue weighted by molar-refractivity contribution is 5.88. The maximum atomic E-state index is 12.9. The largest absolute Gasteiger partial charge is 0.507 e. The molecule has 2 unspecified atom stereocenters. The molecule has 2 aromatic carbocycles. The minimum Gasteiger partial charge on any atom is -0.507 e. The first-order valence-electron chi connectivity index (χ1n) is 9.50. The summed E-state index contributed by atoms with van der Waals surface area (Å²) in [5.41, 5.74) is 0.816. The van der Waals surface area contributed by atoms with E-state index in [0.717, 1.165) is 11.1 Å². The Morgan fingerprint density at radius 2 is 1.43 bits per heavy atom. The van der Waals surface area contributed by atoms with Crippen LogP contribution in [-0.2, 0) is 0 Å². The average Bonchev–Trinajstić information content (AvgIpc) is 3.07. The van der Waals surface area contributed by atoms with Crippen molar-refractivity contribution in [1.82, 2.24) is 0 Å². The summed E-state index contributed by atoms with van der Waals surface area (Å²) < 4.78 is 16.8. The van der Waals surface area contributed by atoms with Gasteiger partial charge < -0.3 is 23.8 Å². The first-order valence-corrected chi connectivity index (χ1v) is 9.50. The highest BCUT2D eigenvalue weighted by Gasteiger charge is 2.43. The summed E-state index contributed by atoms with van der Waals surface area (Å²) in [4.78, 5) is 25.7. The fraction of sp³-hybridized carbons (Fsp3) is 0.217. The minimum absolute atomic E-state index is 0.0828. The molecule has 3 heterocycles. The monoisotopic (exact) mass is 406 g/mol. The third kappa shape index (κ3) is 2.55. The van der Waals surface area contributed by atoms with Crippen LogP contribution in [-0.4, -0.2) is 22.9 Å². The number of hydrogen-bond acceptors (Lipinski definition) is 7. The second-order valence-electron chi connectivity index (χ2n) is 7.60. The van der Waals surface area contributed by atoms with Crippen LogP contribution >= 0.6 is 0 Å². The second-order valence-corrected chi connectivity index (χ2v) is 7.60. The minimum atomic E-state index is -1.03. The van der Waals surface area contributed by atoms with Gasteiger partial charge in [-0.05, 0) is 49.2 Å². The van der Waals surface area contributed by atoms with E-state index in [0.29, 0.717) is 16.4 Å². The van der Waals surface area contributed by atoms with Gasteiger partial charge in [0, 0.05) is 0 Å². The molecule has 0 aliphatic carbocycles. The highest BCUT2D eigenvalue weighted by atomic mass is 16.5. The fourth-order valence-electron chi connectivity index (χ4n) is 4.15. The molecule has 0 saturated carbocycles. The molecule has 7 nitrogen and oxygen atoms in total. The zero-order valence-corrected chi connectivity index (χ0v) is 16.3. The van der Waals surface area contributed by atoms with E-state index in [1.165, 1.54) is 0 Å². The van der Waals surface area contributed by atoms with Crippen LogP contribution in [0.1, 0.15) is 28.2 Å². The van der Waals surface area contributed by atoms with Gasteiger partial charge in [0.2, 0.25) is 0 Å². The standard InChI is InChI=1S/C23H18O7/c1-10-3-5-12-14(7-10)29-22(26)18(20(12)25)17-16(9-24)28-21-13-6-4-11(2)8-15(13)30-23(27)19(17)21/h3-8,16-17,24-25H,9H2,1-2H3. The number of hydrogen-bond donors (Lipinski definition) is 2. The molecule has 1 aliphatic rings. The molecule has 2 N–H and O–H groups in total. The average molecular weight is 406 g/mol. The number of fused-ring (bicyclic) bond motifs is 4. The van der Waals surface area contributed by atoms with Crippen LogP contribution in [0.15, 0.2) is 54.8 Å². The Morgan fingerprint density at radius 3 is 2.07 bits per heavy atom. The van der Waals surface area contributed by atoms with E-state index >= 15 is 0 Å². The highest BCUT2D eigenvalue weighted by Crippen LogP contribution is 2.46. The van der Waals surface area contributed by atoms with Gasteiger partial charge in [0.1, 0.15) is 28.8 Å². The Hall–Kier alpha value is -3.58. The van der Waals surface area contributed by atoms with Crippen molar-refractivity contribution in [1.29, 1.82) is 0 Å². The molecule has 0 spiro atoms. The van der Waals surface area contributed by atoms with Gasteiger partial charge in [0.15, 0.2) is 0 Å². The van der Waals surface area contributed by atoms with E-state index in [-0.39, 0.29) is 28.2 Å². The van der Waals surface area contributed by atoms with Crippen molar-refractivity contribution in [3.63, 3.8) is 0 Å². The molecule has 5 rings (SSSR count). The number of aliphatic hydroxyl groups is 1. The lowest BCUT2D eigenvalue weighted by Crippen LogP contribution is -2.29. The van der Waals surface area contributed by atoms with Gasteiger partial charge in [-0.3, -0.25) is 0 Å². The number of aryl methyl sites for hydroxylation is 2. The topological polar surface area (TPSA) is 110 Å². The third-order valence-electron chi connectivity index (χ3n) is 5.56. The molecule has 1 aliphatic heterocycles. The van der Waals surface area contributed by atoms with Crippen molar-refractivity contribution in [2.75, 3.05) is 6.61 Å². The van der Waals surface area contributed by atoms with Crippen molar-refractivity contribution in [2.24, 2.45) is 0 Å². The van der Waals surface area contributed by atoms with Crippen molar-refractivity contribution < 1.29 is 23.8 Å². The molecule has 0 radical (unpaired) electrons. The zero-order valence-electron chi connectivity index (χ0n) is 16.3. The summed E-state index contributed by atoms with van der Waals surface area (Å²) in [6, 6.07) is 10.4. The zero-order chi connectivity index (χ0) is 21.2. The molecule has 0 amide bonds. The van der Waals surface area contributed by atoms with Crippen LogP contribution in [0.4, 0.5) is 0 Å². The van der Waals surface area contributed by atoms with Crippen molar-refractivity contribution >= 4 is 21.9 Å². The smallest absolute Gasteiger partial charge is 0.344 e. The molecular formula is C23H18O7. The summed E-state index contributed by atoms with van der Waals surface area (Å²) in [6.07, 6.45) is -0.952. The second kappa shape index (κ2) is 6.47. The molecule has 0 bridgehead atoms. The number of rotatable bonds is 2. The predicted octanol–water partition coefficient (Wildman–Crippen LogP) is 3.11. The number of ether oxygens (including phenoxy) is 1. The summed E-state index contributed by atoms with van der Waals surface area (Å²) in [7, 11) is 0. The van der Waals surface area contributed by atoms with E-state index in [4.69, 9.17) is 13.6 Å². The van der Waals surface area contributed by atoms with Gasteiger partial charge in [-0.15, -0.1) is 0 Å². The normalized spacial score (nSPS) is 18.0. The molecule has 7 heteroatoms. The van der Waals surface area contributed by atoms with E-state index in [9.17, 15) is 19.8 Å². The molecule has 2 atom stereocenters. The van der Waals surface area contributed by atoms with Crippen LogP contribution in [0.3, 0.4) is 0 Å². The Labute approximate surface area is 169 Å².